The van der Waals surface area contributed by atoms with Gasteiger partial charge < -0.3 is 15.2 Å². The van der Waals surface area contributed by atoms with Crippen molar-refractivity contribution in [2.45, 2.75) is 32.2 Å². The maximum atomic E-state index is 12.3. The molecule has 1 aromatic carbocycles. The summed E-state index contributed by atoms with van der Waals surface area (Å²) in [5, 5.41) is 13.8. The molecule has 0 aliphatic heterocycles. The molecule has 0 radical (unpaired) electrons. The van der Waals surface area contributed by atoms with Crippen LogP contribution >= 0.6 is 0 Å². The van der Waals surface area contributed by atoms with E-state index >= 15 is 0 Å². The van der Waals surface area contributed by atoms with Gasteiger partial charge in [0.2, 0.25) is 0 Å². The first-order chi connectivity index (χ1) is 12.2. The van der Waals surface area contributed by atoms with E-state index in [2.05, 4.69) is 25.9 Å². The number of hydrogen-bond donors (Lipinski definition) is 2. The van der Waals surface area contributed by atoms with Crippen LogP contribution in [-0.2, 0) is 6.54 Å². The number of benzene rings is 1. The predicted molar refractivity (Wildman–Crippen MR) is 91.4 cm³/mol. The molecule has 4 rings (SSSR count). The molecule has 2 heterocycles. The molecule has 0 atom stereocenters. The highest BCUT2D eigenvalue weighted by Gasteiger charge is 2.32. The van der Waals surface area contributed by atoms with Crippen molar-refractivity contribution in [1.82, 2.24) is 19.9 Å². The first kappa shape index (κ1) is 15.4. The molecule has 3 aromatic rings. The Kier molecular flexibility index (Phi) is 3.93. The van der Waals surface area contributed by atoms with E-state index in [-0.39, 0.29) is 6.03 Å². The van der Waals surface area contributed by atoms with Gasteiger partial charge in [-0.1, -0.05) is 17.3 Å². The fourth-order valence-electron chi connectivity index (χ4n) is 2.69. The quantitative estimate of drug-likeness (QED) is 0.745. The fraction of sp³-hybridized carbons (Fsp3) is 0.294. The van der Waals surface area contributed by atoms with Gasteiger partial charge in [-0.05, 0) is 37.5 Å². The topological polar surface area (TPSA) is 97.9 Å². The summed E-state index contributed by atoms with van der Waals surface area (Å²) in [6.45, 7) is 2.41. The summed E-state index contributed by atoms with van der Waals surface area (Å²) in [5.74, 6) is 1.15. The lowest BCUT2D eigenvalue weighted by Crippen LogP contribution is -2.20. The van der Waals surface area contributed by atoms with Crippen LogP contribution in [0.4, 0.5) is 16.2 Å². The minimum atomic E-state index is -0.314. The number of carbonyl (C=O) groups excluding carboxylic acids is 1. The third kappa shape index (κ3) is 3.52. The van der Waals surface area contributed by atoms with Crippen molar-refractivity contribution in [3.63, 3.8) is 0 Å². The molecule has 1 aliphatic rings. The maximum Gasteiger partial charge on any atom is 0.323 e. The van der Waals surface area contributed by atoms with Crippen molar-refractivity contribution in [3.8, 4) is 0 Å². The van der Waals surface area contributed by atoms with Crippen molar-refractivity contribution >= 4 is 17.4 Å². The summed E-state index contributed by atoms with van der Waals surface area (Å²) in [6.07, 6.45) is 5.31. The number of aromatic nitrogens is 4. The second-order valence-electron chi connectivity index (χ2n) is 6.15. The van der Waals surface area contributed by atoms with Gasteiger partial charge in [-0.3, -0.25) is 0 Å². The highest BCUT2D eigenvalue weighted by molar-refractivity contribution is 6.00. The van der Waals surface area contributed by atoms with E-state index in [9.17, 15) is 4.79 Å². The Morgan fingerprint density at radius 1 is 1.36 bits per heavy atom. The number of hydrogen-bond acceptors (Lipinski definition) is 5. The molecule has 0 unspecified atom stereocenters. The van der Waals surface area contributed by atoms with Crippen molar-refractivity contribution in [3.05, 3.63) is 53.9 Å². The number of carbonyl (C=O) groups is 1. The molecule has 2 N–H and O–H groups in total. The lowest BCUT2D eigenvalue weighted by atomic mass is 10.2. The lowest BCUT2D eigenvalue weighted by molar-refractivity contribution is 0.262. The number of anilines is 2. The zero-order valence-electron chi connectivity index (χ0n) is 13.8. The van der Waals surface area contributed by atoms with Gasteiger partial charge in [-0.2, -0.15) is 5.10 Å². The molecule has 1 aliphatic carbocycles. The van der Waals surface area contributed by atoms with Gasteiger partial charge in [0.1, 0.15) is 24.0 Å². The molecule has 0 saturated heterocycles. The number of nitrogens with one attached hydrogen (secondary N) is 2. The van der Waals surface area contributed by atoms with Crippen LogP contribution in [0.25, 0.3) is 0 Å². The van der Waals surface area contributed by atoms with E-state index in [0.29, 0.717) is 29.5 Å². The van der Waals surface area contributed by atoms with Gasteiger partial charge in [0.25, 0.3) is 0 Å². The molecule has 1 fully saturated rings. The third-order valence-corrected chi connectivity index (χ3v) is 4.07. The average Bonchev–Trinajstić information content (AvgIpc) is 3.19. The predicted octanol–water partition coefficient (Wildman–Crippen LogP) is 3.14. The summed E-state index contributed by atoms with van der Waals surface area (Å²) in [5.41, 5.74) is 3.09. The summed E-state index contributed by atoms with van der Waals surface area (Å²) in [7, 11) is 0. The second-order valence-corrected chi connectivity index (χ2v) is 6.15. The molecule has 0 spiro atoms. The number of aryl methyl sites for hydroxylation is 1. The van der Waals surface area contributed by atoms with E-state index in [1.54, 1.807) is 11.0 Å². The molecule has 8 nitrogen and oxygen atoms in total. The number of urea groups is 1. The number of rotatable bonds is 5. The summed E-state index contributed by atoms with van der Waals surface area (Å²) < 4.78 is 7.06. The van der Waals surface area contributed by atoms with Gasteiger partial charge >= 0.3 is 6.03 Å². The third-order valence-electron chi connectivity index (χ3n) is 4.07. The van der Waals surface area contributed by atoms with Crippen LogP contribution in [0.15, 0.2) is 41.4 Å². The maximum absolute atomic E-state index is 12.3. The monoisotopic (exact) mass is 338 g/mol. The van der Waals surface area contributed by atoms with Gasteiger partial charge in [0.05, 0.1) is 6.54 Å². The van der Waals surface area contributed by atoms with E-state index in [0.717, 1.165) is 24.2 Å². The van der Waals surface area contributed by atoms with Gasteiger partial charge in [-0.15, -0.1) is 0 Å². The molecule has 128 valence electrons. The molecular formula is C17H18N6O2. The Balaban J connectivity index is 1.43. The molecule has 25 heavy (non-hydrogen) atoms. The van der Waals surface area contributed by atoms with Crippen LogP contribution in [-0.4, -0.2) is 26.0 Å². The van der Waals surface area contributed by atoms with E-state index in [1.165, 1.54) is 6.33 Å². The van der Waals surface area contributed by atoms with Crippen molar-refractivity contribution in [2.75, 3.05) is 10.6 Å². The van der Waals surface area contributed by atoms with E-state index in [1.807, 2.05) is 31.2 Å². The Labute approximate surface area is 144 Å². The second kappa shape index (κ2) is 6.39. The van der Waals surface area contributed by atoms with Crippen molar-refractivity contribution < 1.29 is 9.32 Å². The largest absolute Gasteiger partial charge is 0.359 e. The van der Waals surface area contributed by atoms with Crippen molar-refractivity contribution in [2.24, 2.45) is 0 Å². The number of nitrogens with zero attached hydrogens (tertiary/aromatic N) is 4. The Morgan fingerprint density at radius 2 is 2.24 bits per heavy atom. The SMILES string of the molecule is Cc1noc(C2CC2)c1NC(=O)Nc1cccc(Cn2cncn2)c1. The van der Waals surface area contributed by atoms with Crippen LogP contribution in [0.3, 0.4) is 0 Å². The Bertz CT molecular complexity index is 882. The molecule has 1 saturated carbocycles. The van der Waals surface area contributed by atoms with E-state index < -0.39 is 0 Å². The molecule has 0 bridgehead atoms. The van der Waals surface area contributed by atoms with Gasteiger partial charge in [0, 0.05) is 11.6 Å². The zero-order valence-corrected chi connectivity index (χ0v) is 13.8. The molecule has 2 amide bonds. The Hall–Kier alpha value is -3.16. The average molecular weight is 338 g/mol. The van der Waals surface area contributed by atoms with Gasteiger partial charge in [0.15, 0.2) is 5.76 Å². The molecule has 8 heteroatoms. The Morgan fingerprint density at radius 3 is 3.00 bits per heavy atom. The summed E-state index contributed by atoms with van der Waals surface area (Å²) in [4.78, 5) is 16.3. The molecular weight excluding hydrogens is 320 g/mol. The minimum Gasteiger partial charge on any atom is -0.359 e. The smallest absolute Gasteiger partial charge is 0.323 e. The first-order valence-corrected chi connectivity index (χ1v) is 8.14. The van der Waals surface area contributed by atoms with Crippen molar-refractivity contribution in [1.29, 1.82) is 0 Å². The molecule has 2 aromatic heterocycles. The first-order valence-electron chi connectivity index (χ1n) is 8.14. The van der Waals surface area contributed by atoms with Crippen LogP contribution in [0.5, 0.6) is 0 Å². The lowest BCUT2D eigenvalue weighted by Gasteiger charge is -2.09. The number of amides is 2. The standard InChI is InChI=1S/C17H18N6O2/c1-11-15(16(25-22-11)13-5-6-13)21-17(24)20-14-4-2-3-12(7-14)8-23-10-18-9-19-23/h2-4,7,9-10,13H,5-6,8H2,1H3,(H2,20,21,24). The van der Waals surface area contributed by atoms with Crippen LogP contribution in [0.1, 0.15) is 35.8 Å². The summed E-state index contributed by atoms with van der Waals surface area (Å²) in [6, 6.07) is 7.30. The normalized spacial score (nSPS) is 13.6. The summed E-state index contributed by atoms with van der Waals surface area (Å²) >= 11 is 0. The van der Waals surface area contributed by atoms with Crippen LogP contribution < -0.4 is 10.6 Å². The minimum absolute atomic E-state index is 0.314. The fourth-order valence-corrected chi connectivity index (χ4v) is 2.69. The van der Waals surface area contributed by atoms with Gasteiger partial charge in [-0.25, -0.2) is 14.5 Å². The highest BCUT2D eigenvalue weighted by atomic mass is 16.5. The van der Waals surface area contributed by atoms with E-state index in [4.69, 9.17) is 4.52 Å². The zero-order chi connectivity index (χ0) is 17.2. The van der Waals surface area contributed by atoms with Crippen LogP contribution in [0, 0.1) is 6.92 Å². The highest BCUT2D eigenvalue weighted by Crippen LogP contribution is 2.44. The van der Waals surface area contributed by atoms with Crippen LogP contribution in [0.2, 0.25) is 0 Å².